The predicted octanol–water partition coefficient (Wildman–Crippen LogP) is 20.8. The Labute approximate surface area is 581 Å². The Morgan fingerprint density at radius 1 is 0.204 bits per heavy atom. The van der Waals surface area contributed by atoms with Gasteiger partial charge < -0.3 is 19.6 Å². The second kappa shape index (κ2) is 24.2. The van der Waals surface area contributed by atoms with Gasteiger partial charge in [-0.15, -0.1) is 0 Å². The van der Waals surface area contributed by atoms with E-state index in [0.717, 1.165) is 45.5 Å². The third-order valence-corrected chi connectivity index (χ3v) is 22.2. The summed E-state index contributed by atoms with van der Waals surface area (Å²) in [6.45, 7) is -0.114. The van der Waals surface area contributed by atoms with Crippen LogP contribution >= 0.6 is 23.5 Å². The van der Waals surface area contributed by atoms with E-state index in [0.29, 0.717) is 0 Å². The zero-order valence-corrected chi connectivity index (χ0v) is 55.0. The van der Waals surface area contributed by atoms with Crippen molar-refractivity contribution in [2.24, 2.45) is 0 Å². The maximum atomic E-state index is 2.63. The van der Waals surface area contributed by atoms with E-state index in [2.05, 4.69) is 384 Å². The molecule has 0 radical (unpaired) electrons. The van der Waals surface area contributed by atoms with Crippen molar-refractivity contribution in [1.29, 1.82) is 0 Å². The summed E-state index contributed by atoms with van der Waals surface area (Å²) in [5, 5.41) is 0. The van der Waals surface area contributed by atoms with Crippen molar-refractivity contribution in [3.8, 4) is 44.5 Å². The van der Waals surface area contributed by atoms with Crippen LogP contribution in [0.5, 0.6) is 0 Å². The van der Waals surface area contributed by atoms with Gasteiger partial charge in [-0.05, 0) is 182 Å². The maximum Gasteiger partial charge on any atom is 0.249 e. The van der Waals surface area contributed by atoms with Crippen LogP contribution in [0.2, 0.25) is 0 Å². The molecule has 0 aliphatic carbocycles. The molecule has 0 saturated heterocycles. The van der Waals surface area contributed by atoms with Crippen molar-refractivity contribution in [3.05, 3.63) is 364 Å². The molecule has 0 N–H and O–H groups in total. The first-order chi connectivity index (χ1) is 48.6. The van der Waals surface area contributed by atoms with Crippen LogP contribution in [-0.2, 0) is 0 Å². The Morgan fingerprint density at radius 2 is 0.480 bits per heavy atom. The summed E-state index contributed by atoms with van der Waals surface area (Å²) in [6.07, 6.45) is 0. The third-order valence-electron chi connectivity index (χ3n) is 19.9. The molecule has 8 heteroatoms. The first kappa shape index (κ1) is 57.7. The van der Waals surface area contributed by atoms with Gasteiger partial charge in [0.05, 0.1) is 0 Å². The number of benzene rings is 15. The minimum absolute atomic E-state index is 0.0569. The zero-order chi connectivity index (χ0) is 64.6. The molecule has 15 aromatic carbocycles. The summed E-state index contributed by atoms with van der Waals surface area (Å²) in [4.78, 5) is 15.0. The molecule has 0 bridgehead atoms. The Hall–Kier alpha value is -11.7. The summed E-state index contributed by atoms with van der Waals surface area (Å²) < 4.78 is 0. The molecule has 0 saturated carbocycles. The van der Waals surface area contributed by atoms with Crippen LogP contribution < -0.4 is 52.4 Å². The highest BCUT2D eigenvalue weighted by molar-refractivity contribution is 8.01. The zero-order valence-electron chi connectivity index (χ0n) is 53.4. The molecule has 4 aliphatic rings. The fraction of sp³-hybridized carbons (Fsp3) is 0. The summed E-state index contributed by atoms with van der Waals surface area (Å²) in [6, 6.07) is 135. The highest BCUT2D eigenvalue weighted by atomic mass is 32.2. The van der Waals surface area contributed by atoms with Gasteiger partial charge in [0.25, 0.3) is 0 Å². The van der Waals surface area contributed by atoms with Gasteiger partial charge in [0, 0.05) is 87.8 Å². The first-order valence-corrected chi connectivity index (χ1v) is 35.2. The van der Waals surface area contributed by atoms with E-state index in [1.807, 2.05) is 23.5 Å². The molecular formula is C90H60B2N4S2. The molecule has 0 atom stereocenters. The van der Waals surface area contributed by atoms with E-state index >= 15 is 0 Å². The Morgan fingerprint density at radius 3 is 0.796 bits per heavy atom. The molecule has 0 spiro atoms. The number of anilines is 12. The van der Waals surface area contributed by atoms with Gasteiger partial charge in [-0.25, -0.2) is 0 Å². The molecule has 98 heavy (non-hydrogen) atoms. The van der Waals surface area contributed by atoms with Crippen LogP contribution in [0.3, 0.4) is 0 Å². The fourth-order valence-electron chi connectivity index (χ4n) is 15.5. The van der Waals surface area contributed by atoms with Crippen LogP contribution in [0.15, 0.2) is 384 Å². The van der Waals surface area contributed by atoms with Crippen molar-refractivity contribution in [3.63, 3.8) is 0 Å². The molecular weight excluding hydrogens is 1220 g/mol. The second-order valence-corrected chi connectivity index (χ2v) is 27.7. The monoisotopic (exact) mass is 1280 g/mol. The van der Waals surface area contributed by atoms with Gasteiger partial charge in [0.2, 0.25) is 13.4 Å². The number of para-hydroxylation sites is 4. The number of fused-ring (bicyclic) bond motifs is 8. The maximum absolute atomic E-state index is 2.63. The quantitative estimate of drug-likeness (QED) is 0.112. The van der Waals surface area contributed by atoms with Gasteiger partial charge in [-0.1, -0.05) is 283 Å². The lowest BCUT2D eigenvalue weighted by molar-refractivity contribution is 1.22. The normalized spacial score (nSPS) is 12.7. The average molecular weight is 1280 g/mol. The number of rotatable bonds is 12. The van der Waals surface area contributed by atoms with E-state index in [9.17, 15) is 0 Å². The van der Waals surface area contributed by atoms with Gasteiger partial charge in [0.1, 0.15) is 0 Å². The van der Waals surface area contributed by atoms with Gasteiger partial charge in [0.15, 0.2) is 0 Å². The minimum atomic E-state index is -0.0569. The Kier molecular flexibility index (Phi) is 14.3. The van der Waals surface area contributed by atoms with Crippen molar-refractivity contribution >= 4 is 138 Å². The smallest absolute Gasteiger partial charge is 0.249 e. The Balaban J connectivity index is 0.803. The highest BCUT2D eigenvalue weighted by Gasteiger charge is 2.46. The molecule has 4 nitrogen and oxygen atoms in total. The van der Waals surface area contributed by atoms with Crippen LogP contribution in [0.1, 0.15) is 0 Å². The van der Waals surface area contributed by atoms with Gasteiger partial charge in [-0.2, -0.15) is 0 Å². The lowest BCUT2D eigenvalue weighted by Crippen LogP contribution is -2.63. The predicted molar refractivity (Wildman–Crippen MR) is 417 cm³/mol. The molecule has 19 rings (SSSR count). The number of hydrogen-bond acceptors (Lipinski definition) is 6. The van der Waals surface area contributed by atoms with Crippen molar-refractivity contribution in [1.82, 2.24) is 0 Å². The summed E-state index contributed by atoms with van der Waals surface area (Å²) >= 11 is 3.85. The molecule has 0 fully saturated rings. The standard InChI is InChI=1S/C90H60B2N4S2/c1-7-23-61(24-8-1)65-39-47-71(48-40-65)93(72-49-41-66(42-50-72)62-25-9-2-10-26-62)75-55-83-89-87(57-75)97-85-60-86-80(59-79(85)91(89)77-35-19-21-37-81(77)95(83)69-31-15-5-16-32-69)92-78-36-20-22-38-82(78)96(70-33-17-6-18-34-70)84-56-76(58-88(98-86)90(84)92)94(73-51-43-67(44-52-73)63-27-11-3-12-28-63)74-53-45-68(46-54-74)64-29-13-4-14-30-64/h1-60H. The van der Waals surface area contributed by atoms with Crippen LogP contribution in [-0.4, -0.2) is 13.4 Å². The molecule has 458 valence electrons. The minimum Gasteiger partial charge on any atom is -0.311 e. The molecule has 0 amide bonds. The average Bonchev–Trinajstić information content (AvgIpc) is 0.710. The van der Waals surface area contributed by atoms with Crippen LogP contribution in [0.25, 0.3) is 44.5 Å². The van der Waals surface area contributed by atoms with E-state index in [1.165, 1.54) is 120 Å². The molecule has 0 unspecified atom stereocenters. The fourth-order valence-corrected chi connectivity index (χ4v) is 18.0. The van der Waals surface area contributed by atoms with E-state index in [1.54, 1.807) is 0 Å². The molecule has 0 aromatic heterocycles. The van der Waals surface area contributed by atoms with Crippen molar-refractivity contribution in [2.45, 2.75) is 19.6 Å². The largest absolute Gasteiger partial charge is 0.311 e. The van der Waals surface area contributed by atoms with Crippen LogP contribution in [0.4, 0.5) is 68.2 Å². The van der Waals surface area contributed by atoms with E-state index < -0.39 is 0 Å². The van der Waals surface area contributed by atoms with Gasteiger partial charge >= 0.3 is 0 Å². The van der Waals surface area contributed by atoms with Crippen molar-refractivity contribution in [2.75, 3.05) is 19.6 Å². The van der Waals surface area contributed by atoms with Gasteiger partial charge in [-0.3, -0.25) is 0 Å². The van der Waals surface area contributed by atoms with E-state index in [-0.39, 0.29) is 13.4 Å². The van der Waals surface area contributed by atoms with E-state index in [4.69, 9.17) is 0 Å². The summed E-state index contributed by atoms with van der Waals surface area (Å²) in [7, 11) is 0. The topological polar surface area (TPSA) is 13.0 Å². The van der Waals surface area contributed by atoms with Crippen molar-refractivity contribution < 1.29 is 0 Å². The SMILES string of the molecule is c1ccc(-c2ccc(N(c3ccc(-c4ccccc4)cc3)c3cc4c5c(c3)N(c3ccccc3)c3ccccc3B5c3cc5c(cc3S4)Sc3cc(N(c4ccc(-c6ccccc6)cc4)c4ccc(-c6ccccc6)cc4)cc4c3B5c3ccccc3N4c3ccccc3)cc2)cc1. The lowest BCUT2D eigenvalue weighted by atomic mass is 9.32. The second-order valence-electron chi connectivity index (χ2n) is 25.5. The number of nitrogens with zero attached hydrogens (tertiary/aromatic N) is 4. The third kappa shape index (κ3) is 9.97. The Bertz CT molecular complexity index is 4990. The van der Waals surface area contributed by atoms with Crippen LogP contribution in [0, 0.1) is 0 Å². The number of hydrogen-bond donors (Lipinski definition) is 0. The molecule has 15 aromatic rings. The first-order valence-electron chi connectivity index (χ1n) is 33.6. The molecule has 4 aliphatic heterocycles. The summed E-state index contributed by atoms with van der Waals surface area (Å²) in [5.74, 6) is 0. The summed E-state index contributed by atoms with van der Waals surface area (Å²) in [5.41, 5.74) is 30.9. The lowest BCUT2D eigenvalue weighted by Gasteiger charge is -2.43. The molecule has 4 heterocycles. The highest BCUT2D eigenvalue weighted by Crippen LogP contribution is 2.51.